The molecule has 2 heterocycles. The number of nitrogens with one attached hydrogen (secondary N) is 1. The molecule has 0 aliphatic carbocycles. The Labute approximate surface area is 156 Å². The van der Waals surface area contributed by atoms with Crippen molar-refractivity contribution in [1.82, 2.24) is 9.97 Å². The highest BCUT2D eigenvalue weighted by Gasteiger charge is 2.15. The molecular formula is C20H20N4O3. The van der Waals surface area contributed by atoms with Crippen LogP contribution in [0, 0.1) is 0 Å². The molecule has 1 atom stereocenters. The monoisotopic (exact) mass is 364 g/mol. The number of benzene rings is 2. The van der Waals surface area contributed by atoms with E-state index in [9.17, 15) is 0 Å². The number of aromatic nitrogens is 2. The number of methoxy groups -OCH3 is 2. The molecule has 0 saturated carbocycles. The van der Waals surface area contributed by atoms with E-state index in [1.807, 2.05) is 37.3 Å². The number of hydrogen-bond donors (Lipinski definition) is 2. The fourth-order valence-electron chi connectivity index (χ4n) is 3.02. The summed E-state index contributed by atoms with van der Waals surface area (Å²) < 4.78 is 16.6. The second kappa shape index (κ2) is 6.68. The van der Waals surface area contributed by atoms with E-state index in [4.69, 9.17) is 19.6 Å². The Hall–Kier alpha value is -3.48. The number of para-hydroxylation sites is 1. The van der Waals surface area contributed by atoms with E-state index < -0.39 is 0 Å². The van der Waals surface area contributed by atoms with Gasteiger partial charge in [-0.1, -0.05) is 18.2 Å². The van der Waals surface area contributed by atoms with Crippen molar-refractivity contribution in [2.75, 3.05) is 25.3 Å². The molecular weight excluding hydrogens is 344 g/mol. The molecule has 7 nitrogen and oxygen atoms in total. The van der Waals surface area contributed by atoms with Crippen LogP contribution < -0.4 is 20.5 Å². The highest BCUT2D eigenvalue weighted by molar-refractivity contribution is 5.91. The smallest absolute Gasteiger partial charge is 0.225 e. The fourth-order valence-corrected chi connectivity index (χ4v) is 3.02. The predicted molar refractivity (Wildman–Crippen MR) is 105 cm³/mol. The van der Waals surface area contributed by atoms with Crippen molar-refractivity contribution in [2.45, 2.75) is 13.0 Å². The molecule has 3 N–H and O–H groups in total. The van der Waals surface area contributed by atoms with Gasteiger partial charge in [0.2, 0.25) is 5.95 Å². The molecule has 2 aromatic carbocycles. The summed E-state index contributed by atoms with van der Waals surface area (Å²) in [5.41, 5.74) is 7.65. The summed E-state index contributed by atoms with van der Waals surface area (Å²) in [5, 5.41) is 5.01. The van der Waals surface area contributed by atoms with Crippen molar-refractivity contribution in [1.29, 1.82) is 0 Å². The predicted octanol–water partition coefficient (Wildman–Crippen LogP) is 4.15. The van der Waals surface area contributed by atoms with Crippen LogP contribution in [-0.2, 0) is 0 Å². The van der Waals surface area contributed by atoms with E-state index in [0.29, 0.717) is 34.2 Å². The maximum Gasteiger partial charge on any atom is 0.225 e. The van der Waals surface area contributed by atoms with Gasteiger partial charge in [0.15, 0.2) is 11.5 Å². The number of hydrogen-bond acceptors (Lipinski definition) is 7. The molecule has 0 fully saturated rings. The quantitative estimate of drug-likeness (QED) is 0.549. The van der Waals surface area contributed by atoms with Gasteiger partial charge in [-0.25, -0.2) is 4.98 Å². The van der Waals surface area contributed by atoms with Crippen molar-refractivity contribution < 1.29 is 13.9 Å². The topological polar surface area (TPSA) is 95.4 Å². The van der Waals surface area contributed by atoms with Gasteiger partial charge in [0, 0.05) is 16.8 Å². The number of nitrogens with zero attached hydrogens (tertiary/aromatic N) is 2. The molecule has 0 amide bonds. The zero-order valence-electron chi connectivity index (χ0n) is 15.3. The molecule has 0 aliphatic rings. The molecule has 0 radical (unpaired) electrons. The maximum atomic E-state index is 6.14. The van der Waals surface area contributed by atoms with Gasteiger partial charge >= 0.3 is 0 Å². The average molecular weight is 364 g/mol. The molecule has 4 rings (SSSR count). The Kier molecular flexibility index (Phi) is 4.19. The van der Waals surface area contributed by atoms with Crippen molar-refractivity contribution >= 4 is 33.6 Å². The second-order valence-corrected chi connectivity index (χ2v) is 6.21. The van der Waals surface area contributed by atoms with Crippen LogP contribution in [-0.4, -0.2) is 24.2 Å². The molecule has 4 aromatic rings. The molecule has 0 saturated heterocycles. The standard InChI is InChI=1S/C20H20N4O3/c1-11(16-8-12-6-4-5-7-15(12)27-16)22-20-23-14-10-18(26-3)17(25-2)9-13(14)19(21)24-20/h4-11H,1-3H3,(H3,21,22,23,24). The van der Waals surface area contributed by atoms with E-state index in [2.05, 4.69) is 15.3 Å². The summed E-state index contributed by atoms with van der Waals surface area (Å²) in [5.74, 6) is 2.74. The first-order valence-electron chi connectivity index (χ1n) is 8.53. The zero-order valence-corrected chi connectivity index (χ0v) is 15.3. The molecule has 0 spiro atoms. The molecule has 138 valence electrons. The number of anilines is 2. The summed E-state index contributed by atoms with van der Waals surface area (Å²) in [6.07, 6.45) is 0. The fraction of sp³-hybridized carbons (Fsp3) is 0.200. The van der Waals surface area contributed by atoms with Gasteiger partial charge in [-0.15, -0.1) is 0 Å². The van der Waals surface area contributed by atoms with E-state index in [0.717, 1.165) is 16.7 Å². The molecule has 0 aliphatic heterocycles. The third-order valence-corrected chi connectivity index (χ3v) is 4.45. The maximum absolute atomic E-state index is 6.14. The minimum absolute atomic E-state index is 0.130. The Morgan fingerprint density at radius 1 is 1.04 bits per heavy atom. The first-order chi connectivity index (χ1) is 13.1. The first-order valence-corrected chi connectivity index (χ1v) is 8.53. The van der Waals surface area contributed by atoms with E-state index in [1.54, 1.807) is 26.4 Å². The van der Waals surface area contributed by atoms with Crippen LogP contribution in [0.1, 0.15) is 18.7 Å². The number of nitrogen functional groups attached to an aromatic ring is 1. The molecule has 7 heteroatoms. The van der Waals surface area contributed by atoms with Crippen LogP contribution in [0.15, 0.2) is 46.9 Å². The van der Waals surface area contributed by atoms with Gasteiger partial charge < -0.3 is 24.9 Å². The van der Waals surface area contributed by atoms with Crippen LogP contribution in [0.4, 0.5) is 11.8 Å². The minimum Gasteiger partial charge on any atom is -0.493 e. The van der Waals surface area contributed by atoms with Gasteiger partial charge in [0.1, 0.15) is 17.2 Å². The number of rotatable bonds is 5. The summed E-state index contributed by atoms with van der Waals surface area (Å²) in [4.78, 5) is 8.93. The van der Waals surface area contributed by atoms with Crippen LogP contribution in [0.25, 0.3) is 21.9 Å². The van der Waals surface area contributed by atoms with Crippen molar-refractivity contribution in [3.05, 3.63) is 48.2 Å². The molecule has 2 aromatic heterocycles. The Balaban J connectivity index is 1.68. The van der Waals surface area contributed by atoms with Crippen molar-refractivity contribution in [2.24, 2.45) is 0 Å². The lowest BCUT2D eigenvalue weighted by atomic mass is 10.2. The van der Waals surface area contributed by atoms with Gasteiger partial charge in [-0.3, -0.25) is 0 Å². The minimum atomic E-state index is -0.130. The Morgan fingerprint density at radius 3 is 2.52 bits per heavy atom. The second-order valence-electron chi connectivity index (χ2n) is 6.21. The summed E-state index contributed by atoms with van der Waals surface area (Å²) in [6.45, 7) is 1.98. The third kappa shape index (κ3) is 3.08. The number of ether oxygens (including phenoxy) is 2. The number of furan rings is 1. The Bertz CT molecular complexity index is 1090. The van der Waals surface area contributed by atoms with Crippen LogP contribution in [0.3, 0.4) is 0 Å². The van der Waals surface area contributed by atoms with Crippen LogP contribution in [0.2, 0.25) is 0 Å². The number of fused-ring (bicyclic) bond motifs is 2. The van der Waals surface area contributed by atoms with E-state index >= 15 is 0 Å². The third-order valence-electron chi connectivity index (χ3n) is 4.45. The van der Waals surface area contributed by atoms with E-state index in [1.165, 1.54) is 0 Å². The lowest BCUT2D eigenvalue weighted by Crippen LogP contribution is -2.10. The van der Waals surface area contributed by atoms with Crippen molar-refractivity contribution in [3.8, 4) is 11.5 Å². The normalized spacial score (nSPS) is 12.3. The summed E-state index contributed by atoms with van der Waals surface area (Å²) in [7, 11) is 3.16. The van der Waals surface area contributed by atoms with Gasteiger partial charge in [-0.05, 0) is 25.1 Å². The zero-order chi connectivity index (χ0) is 19.0. The summed E-state index contributed by atoms with van der Waals surface area (Å²) >= 11 is 0. The average Bonchev–Trinajstić information content (AvgIpc) is 3.11. The highest BCUT2D eigenvalue weighted by Crippen LogP contribution is 2.34. The number of nitrogens with two attached hydrogens (primary N) is 1. The SMILES string of the molecule is COc1cc2nc(NC(C)c3cc4ccccc4o3)nc(N)c2cc1OC. The van der Waals surface area contributed by atoms with E-state index in [-0.39, 0.29) is 6.04 Å². The summed E-state index contributed by atoms with van der Waals surface area (Å²) in [6, 6.07) is 13.3. The van der Waals surface area contributed by atoms with Crippen molar-refractivity contribution in [3.63, 3.8) is 0 Å². The highest BCUT2D eigenvalue weighted by atomic mass is 16.5. The molecule has 27 heavy (non-hydrogen) atoms. The largest absolute Gasteiger partial charge is 0.493 e. The lowest BCUT2D eigenvalue weighted by Gasteiger charge is -2.14. The lowest BCUT2D eigenvalue weighted by molar-refractivity contribution is 0.356. The van der Waals surface area contributed by atoms with Crippen LogP contribution >= 0.6 is 0 Å². The van der Waals surface area contributed by atoms with Gasteiger partial charge in [0.25, 0.3) is 0 Å². The van der Waals surface area contributed by atoms with Crippen LogP contribution in [0.5, 0.6) is 11.5 Å². The first kappa shape index (κ1) is 17.0. The molecule has 0 bridgehead atoms. The Morgan fingerprint density at radius 2 is 1.78 bits per heavy atom. The van der Waals surface area contributed by atoms with Gasteiger partial charge in [-0.2, -0.15) is 4.98 Å². The molecule has 1 unspecified atom stereocenters. The van der Waals surface area contributed by atoms with Gasteiger partial charge in [0.05, 0.1) is 25.8 Å².